The molecule has 21 heavy (non-hydrogen) atoms. The van der Waals surface area contributed by atoms with Crippen LogP contribution in [-0.4, -0.2) is 30.7 Å². The summed E-state index contributed by atoms with van der Waals surface area (Å²) in [6, 6.07) is 6.14. The molecule has 0 bridgehead atoms. The lowest BCUT2D eigenvalue weighted by molar-refractivity contribution is 0.358. The molecular weight excluding hydrogens is 282 g/mol. The maximum Gasteiger partial charge on any atom is 0.0481 e. The molecule has 2 aromatic rings. The maximum absolute atomic E-state index is 6.13. The second kappa shape index (κ2) is 6.82. The molecule has 1 saturated heterocycles. The van der Waals surface area contributed by atoms with E-state index in [4.69, 9.17) is 11.6 Å². The van der Waals surface area contributed by atoms with Gasteiger partial charge in [0.1, 0.15) is 0 Å². The molecule has 1 aromatic carbocycles. The molecule has 1 aliphatic rings. The molecular formula is C17H24ClN3. The fourth-order valence-electron chi connectivity index (χ4n) is 3.26. The van der Waals surface area contributed by atoms with Crippen LogP contribution in [0.15, 0.2) is 24.4 Å². The lowest BCUT2D eigenvalue weighted by Crippen LogP contribution is -2.34. The molecule has 1 fully saturated rings. The van der Waals surface area contributed by atoms with Crippen molar-refractivity contribution in [2.45, 2.75) is 19.3 Å². The number of rotatable bonds is 5. The highest BCUT2D eigenvalue weighted by molar-refractivity contribution is 6.31. The van der Waals surface area contributed by atoms with E-state index in [-0.39, 0.29) is 0 Å². The highest BCUT2D eigenvalue weighted by atomic mass is 35.5. The summed E-state index contributed by atoms with van der Waals surface area (Å²) in [4.78, 5) is 0. The van der Waals surface area contributed by atoms with Gasteiger partial charge in [-0.15, -0.1) is 0 Å². The first-order valence-corrected chi connectivity index (χ1v) is 8.27. The fourth-order valence-corrected chi connectivity index (χ4v) is 3.43. The Hall–Kier alpha value is -1.03. The normalized spacial score (nSPS) is 16.7. The van der Waals surface area contributed by atoms with Crippen molar-refractivity contribution in [3.8, 4) is 0 Å². The van der Waals surface area contributed by atoms with Gasteiger partial charge < -0.3 is 15.2 Å². The lowest BCUT2D eigenvalue weighted by atomic mass is 9.98. The van der Waals surface area contributed by atoms with Crippen LogP contribution in [0.25, 0.3) is 10.9 Å². The number of hydrogen-bond acceptors (Lipinski definition) is 2. The van der Waals surface area contributed by atoms with Gasteiger partial charge in [-0.25, -0.2) is 0 Å². The highest BCUT2D eigenvalue weighted by Gasteiger charge is 2.12. The Morgan fingerprint density at radius 2 is 2.14 bits per heavy atom. The summed E-state index contributed by atoms with van der Waals surface area (Å²) in [5.41, 5.74) is 2.64. The number of aromatic nitrogens is 1. The molecule has 0 radical (unpaired) electrons. The molecule has 3 nitrogen and oxygen atoms in total. The largest absolute Gasteiger partial charge is 0.350 e. The van der Waals surface area contributed by atoms with E-state index in [9.17, 15) is 0 Å². The number of piperidine rings is 1. The van der Waals surface area contributed by atoms with E-state index in [1.807, 2.05) is 6.07 Å². The van der Waals surface area contributed by atoms with E-state index in [1.54, 1.807) is 0 Å². The van der Waals surface area contributed by atoms with Crippen LogP contribution in [0.5, 0.6) is 0 Å². The van der Waals surface area contributed by atoms with E-state index >= 15 is 0 Å². The zero-order valence-electron chi connectivity index (χ0n) is 12.7. The molecule has 0 amide bonds. The summed E-state index contributed by atoms with van der Waals surface area (Å²) < 4.78 is 2.19. The zero-order chi connectivity index (χ0) is 14.7. The molecule has 1 aromatic heterocycles. The van der Waals surface area contributed by atoms with Gasteiger partial charge in [0.05, 0.1) is 0 Å². The summed E-state index contributed by atoms with van der Waals surface area (Å²) in [5.74, 6) is 0.841. The van der Waals surface area contributed by atoms with E-state index < -0.39 is 0 Å². The minimum absolute atomic E-state index is 0.817. The molecule has 114 valence electrons. The van der Waals surface area contributed by atoms with Gasteiger partial charge in [-0.1, -0.05) is 11.6 Å². The van der Waals surface area contributed by atoms with E-state index in [2.05, 4.69) is 40.6 Å². The van der Waals surface area contributed by atoms with E-state index in [0.29, 0.717) is 0 Å². The van der Waals surface area contributed by atoms with Crippen molar-refractivity contribution in [1.82, 2.24) is 15.2 Å². The molecule has 1 aliphatic heterocycles. The number of hydrogen-bond donors (Lipinski definition) is 2. The first-order valence-electron chi connectivity index (χ1n) is 7.89. The van der Waals surface area contributed by atoms with Gasteiger partial charge in [-0.2, -0.15) is 0 Å². The molecule has 0 unspecified atom stereocenters. The Kier molecular flexibility index (Phi) is 4.84. The van der Waals surface area contributed by atoms with Crippen molar-refractivity contribution < 1.29 is 0 Å². The lowest BCUT2D eigenvalue weighted by Gasteiger charge is -2.22. The van der Waals surface area contributed by atoms with Crippen LogP contribution in [0.4, 0.5) is 0 Å². The van der Waals surface area contributed by atoms with Gasteiger partial charge in [-0.05, 0) is 75.1 Å². The van der Waals surface area contributed by atoms with Gasteiger partial charge in [0, 0.05) is 29.2 Å². The minimum atomic E-state index is 0.817. The third-order valence-corrected chi connectivity index (χ3v) is 4.73. The third-order valence-electron chi connectivity index (χ3n) is 4.50. The van der Waals surface area contributed by atoms with Gasteiger partial charge in [0.15, 0.2) is 0 Å². The Bertz CT molecular complexity index is 599. The molecule has 2 heterocycles. The summed E-state index contributed by atoms with van der Waals surface area (Å²) in [5, 5.41) is 9.14. The number of nitrogens with zero attached hydrogens (tertiary/aromatic N) is 1. The third kappa shape index (κ3) is 3.60. The summed E-state index contributed by atoms with van der Waals surface area (Å²) >= 11 is 6.13. The van der Waals surface area contributed by atoms with Crippen molar-refractivity contribution >= 4 is 22.5 Å². The highest BCUT2D eigenvalue weighted by Crippen LogP contribution is 2.24. The zero-order valence-corrected chi connectivity index (χ0v) is 13.4. The Labute approximate surface area is 131 Å². The molecule has 0 saturated carbocycles. The fraction of sp³-hybridized carbons (Fsp3) is 0.529. The number of aryl methyl sites for hydroxylation is 1. The molecule has 0 aliphatic carbocycles. The second-order valence-electron chi connectivity index (χ2n) is 6.07. The van der Waals surface area contributed by atoms with Crippen molar-refractivity contribution in [1.29, 1.82) is 0 Å². The topological polar surface area (TPSA) is 29.0 Å². The van der Waals surface area contributed by atoms with Crippen LogP contribution in [0.2, 0.25) is 5.02 Å². The first kappa shape index (κ1) is 14.9. The quantitative estimate of drug-likeness (QED) is 0.832. The van der Waals surface area contributed by atoms with Crippen LogP contribution < -0.4 is 10.6 Å². The average Bonchev–Trinajstić information content (AvgIpc) is 2.80. The van der Waals surface area contributed by atoms with E-state index in [0.717, 1.165) is 30.5 Å². The van der Waals surface area contributed by atoms with Crippen molar-refractivity contribution in [3.05, 3.63) is 35.0 Å². The van der Waals surface area contributed by atoms with Crippen LogP contribution in [-0.2, 0) is 13.5 Å². The van der Waals surface area contributed by atoms with Gasteiger partial charge >= 0.3 is 0 Å². The predicted octanol–water partition coefficient (Wildman–Crippen LogP) is 2.96. The van der Waals surface area contributed by atoms with Crippen LogP contribution in [0.1, 0.15) is 18.4 Å². The van der Waals surface area contributed by atoms with Gasteiger partial charge in [0.25, 0.3) is 0 Å². The maximum atomic E-state index is 6.13. The van der Waals surface area contributed by atoms with E-state index in [1.165, 1.54) is 42.4 Å². The van der Waals surface area contributed by atoms with Gasteiger partial charge in [0.2, 0.25) is 0 Å². The van der Waals surface area contributed by atoms with Crippen molar-refractivity contribution in [2.24, 2.45) is 13.0 Å². The van der Waals surface area contributed by atoms with Crippen LogP contribution >= 0.6 is 11.6 Å². The standard InChI is InChI=1S/C17H24ClN3/c1-21-12-14(16-10-15(18)2-3-17(16)21)6-9-20-11-13-4-7-19-8-5-13/h2-3,10,12-13,19-20H,4-9,11H2,1H3. The molecule has 2 N–H and O–H groups in total. The summed E-state index contributed by atoms with van der Waals surface area (Å²) in [7, 11) is 2.10. The van der Waals surface area contributed by atoms with Crippen molar-refractivity contribution in [2.75, 3.05) is 26.2 Å². The monoisotopic (exact) mass is 305 g/mol. The number of fused-ring (bicyclic) bond motifs is 1. The second-order valence-corrected chi connectivity index (χ2v) is 6.51. The smallest absolute Gasteiger partial charge is 0.0481 e. The number of halogens is 1. The van der Waals surface area contributed by atoms with Crippen molar-refractivity contribution in [3.63, 3.8) is 0 Å². The predicted molar refractivity (Wildman–Crippen MR) is 90.1 cm³/mol. The number of benzene rings is 1. The molecule has 4 heteroatoms. The number of nitrogens with one attached hydrogen (secondary N) is 2. The Morgan fingerprint density at radius 1 is 1.33 bits per heavy atom. The summed E-state index contributed by atoms with van der Waals surface area (Å²) in [6.07, 6.45) is 5.89. The van der Waals surface area contributed by atoms with Gasteiger partial charge in [-0.3, -0.25) is 0 Å². The SMILES string of the molecule is Cn1cc(CCNCC2CCNCC2)c2cc(Cl)ccc21. The first-order chi connectivity index (χ1) is 10.2. The molecule has 3 rings (SSSR count). The Morgan fingerprint density at radius 3 is 2.95 bits per heavy atom. The molecule has 0 spiro atoms. The Balaban J connectivity index is 1.56. The molecule has 0 atom stereocenters. The van der Waals surface area contributed by atoms with Crippen LogP contribution in [0.3, 0.4) is 0 Å². The average molecular weight is 306 g/mol. The van der Waals surface area contributed by atoms with Crippen LogP contribution in [0, 0.1) is 5.92 Å². The minimum Gasteiger partial charge on any atom is -0.350 e. The summed E-state index contributed by atoms with van der Waals surface area (Å²) in [6.45, 7) is 4.53.